The van der Waals surface area contributed by atoms with E-state index in [1.165, 1.54) is 0 Å². The normalized spacial score (nSPS) is 10.2. The average Bonchev–Trinajstić information content (AvgIpc) is 2.67. The maximum absolute atomic E-state index is 4.17. The summed E-state index contributed by atoms with van der Waals surface area (Å²) in [7, 11) is 0. The Morgan fingerprint density at radius 3 is 2.62 bits per heavy atom. The first-order chi connectivity index (χ1) is 6.42. The fraction of sp³-hybridized carbons (Fsp3) is 0.111. The van der Waals surface area contributed by atoms with Crippen molar-refractivity contribution in [3.63, 3.8) is 0 Å². The van der Waals surface area contributed by atoms with Gasteiger partial charge in [0.2, 0.25) is 0 Å². The maximum atomic E-state index is 4.17. The molecule has 1 heterocycles. The van der Waals surface area contributed by atoms with Gasteiger partial charge in [-0.15, -0.1) is 0 Å². The molecule has 0 amide bonds. The van der Waals surface area contributed by atoms with Crippen molar-refractivity contribution < 1.29 is 0 Å². The van der Waals surface area contributed by atoms with Crippen LogP contribution in [0.2, 0.25) is 0 Å². The summed E-state index contributed by atoms with van der Waals surface area (Å²) in [5.74, 6) is 0.598. The average molecular weight is 191 g/mol. The van der Waals surface area contributed by atoms with Gasteiger partial charge in [-0.2, -0.15) is 28.0 Å². The van der Waals surface area contributed by atoms with E-state index in [9.17, 15) is 0 Å². The Kier molecular flexibility index (Phi) is 2.31. The molecule has 0 atom stereocenters. The van der Waals surface area contributed by atoms with Gasteiger partial charge in [0, 0.05) is 11.3 Å². The Balaban J connectivity index is 2.47. The van der Waals surface area contributed by atoms with Crippen molar-refractivity contribution in [2.75, 3.05) is 0 Å². The second-order valence-corrected chi connectivity index (χ2v) is 2.96. The monoisotopic (exact) mass is 191 g/mol. The molecule has 0 fully saturated rings. The third-order valence-electron chi connectivity index (χ3n) is 1.82. The highest BCUT2D eigenvalue weighted by Gasteiger charge is 2.06. The van der Waals surface area contributed by atoms with Gasteiger partial charge in [0.1, 0.15) is 11.4 Å². The van der Waals surface area contributed by atoms with Crippen molar-refractivity contribution in [3.8, 4) is 11.3 Å². The van der Waals surface area contributed by atoms with Crippen LogP contribution in [0.5, 0.6) is 0 Å². The lowest BCUT2D eigenvalue weighted by atomic mass is 10.1. The molecular formula is C9H9N3S. The van der Waals surface area contributed by atoms with E-state index in [0.717, 1.165) is 17.0 Å². The third-order valence-corrected chi connectivity index (χ3v) is 2.12. The zero-order valence-corrected chi connectivity index (χ0v) is 7.83. The number of rotatable bonds is 2. The largest absolute Gasteiger partial charge is 0.197 e. The molecule has 0 spiro atoms. The first-order valence-electron chi connectivity index (χ1n) is 3.97. The van der Waals surface area contributed by atoms with E-state index in [1.807, 2.05) is 30.3 Å². The smallest absolute Gasteiger partial charge is 0.116 e. The predicted molar refractivity (Wildman–Crippen MR) is 54.5 cm³/mol. The lowest BCUT2D eigenvalue weighted by Crippen LogP contribution is -1.83. The highest BCUT2D eigenvalue weighted by atomic mass is 32.1. The summed E-state index contributed by atoms with van der Waals surface area (Å²) in [6.07, 6.45) is 0. The lowest BCUT2D eigenvalue weighted by Gasteiger charge is -1.96. The van der Waals surface area contributed by atoms with Crippen molar-refractivity contribution >= 4 is 12.6 Å². The van der Waals surface area contributed by atoms with Crippen LogP contribution in [0, 0.1) is 0 Å². The van der Waals surface area contributed by atoms with Gasteiger partial charge >= 0.3 is 0 Å². The highest BCUT2D eigenvalue weighted by molar-refractivity contribution is 7.79. The van der Waals surface area contributed by atoms with Gasteiger partial charge < -0.3 is 0 Å². The number of aromatic nitrogens is 3. The van der Waals surface area contributed by atoms with E-state index in [1.54, 1.807) is 0 Å². The minimum Gasteiger partial charge on any atom is -0.197 e. The van der Waals surface area contributed by atoms with Gasteiger partial charge in [-0.1, -0.05) is 30.3 Å². The van der Waals surface area contributed by atoms with Crippen molar-refractivity contribution in [2.24, 2.45) is 0 Å². The highest BCUT2D eigenvalue weighted by Crippen LogP contribution is 2.19. The van der Waals surface area contributed by atoms with E-state index in [2.05, 4.69) is 28.0 Å². The van der Waals surface area contributed by atoms with Crippen molar-refractivity contribution in [1.82, 2.24) is 15.4 Å². The predicted octanol–water partition coefficient (Wildman–Crippen LogP) is 1.90. The standard InChI is InChI=1S/C9H9N3S/c13-6-8-9(11-12-10-8)7-4-2-1-3-5-7/h1-5,13H,6H2,(H,10,11,12). The molecule has 13 heavy (non-hydrogen) atoms. The Labute approximate surface area is 81.6 Å². The van der Waals surface area contributed by atoms with Gasteiger partial charge in [0.15, 0.2) is 0 Å². The summed E-state index contributed by atoms with van der Waals surface area (Å²) < 4.78 is 0. The fourth-order valence-corrected chi connectivity index (χ4v) is 1.41. The van der Waals surface area contributed by atoms with Crippen LogP contribution in [0.15, 0.2) is 30.3 Å². The minimum atomic E-state index is 0.598. The molecule has 0 saturated heterocycles. The lowest BCUT2D eigenvalue weighted by molar-refractivity contribution is 0.927. The number of hydrogen-bond donors (Lipinski definition) is 2. The van der Waals surface area contributed by atoms with Crippen LogP contribution in [-0.2, 0) is 5.75 Å². The molecule has 0 unspecified atom stereocenters. The number of H-pyrrole nitrogens is 1. The van der Waals surface area contributed by atoms with Crippen LogP contribution < -0.4 is 0 Å². The van der Waals surface area contributed by atoms with Gasteiger partial charge in [-0.3, -0.25) is 0 Å². The Morgan fingerprint density at radius 2 is 1.92 bits per heavy atom. The molecular weight excluding hydrogens is 182 g/mol. The number of thiol groups is 1. The van der Waals surface area contributed by atoms with Crippen LogP contribution in [0.4, 0.5) is 0 Å². The van der Waals surface area contributed by atoms with E-state index in [4.69, 9.17) is 0 Å². The summed E-state index contributed by atoms with van der Waals surface area (Å²) >= 11 is 4.17. The minimum absolute atomic E-state index is 0.598. The summed E-state index contributed by atoms with van der Waals surface area (Å²) in [5, 5.41) is 10.7. The number of aromatic amines is 1. The van der Waals surface area contributed by atoms with Crippen LogP contribution in [0.3, 0.4) is 0 Å². The SMILES string of the molecule is SCc1n[nH]nc1-c1ccccc1. The number of benzene rings is 1. The van der Waals surface area contributed by atoms with Crippen molar-refractivity contribution in [1.29, 1.82) is 0 Å². The van der Waals surface area contributed by atoms with Crippen LogP contribution in [0.25, 0.3) is 11.3 Å². The number of hydrogen-bond acceptors (Lipinski definition) is 3. The molecule has 0 radical (unpaired) electrons. The molecule has 2 aromatic rings. The van der Waals surface area contributed by atoms with Gasteiger partial charge in [0.05, 0.1) is 0 Å². The van der Waals surface area contributed by atoms with Crippen LogP contribution in [0.1, 0.15) is 5.69 Å². The Morgan fingerprint density at radius 1 is 1.15 bits per heavy atom. The van der Waals surface area contributed by atoms with E-state index >= 15 is 0 Å². The molecule has 0 aliphatic rings. The van der Waals surface area contributed by atoms with Crippen LogP contribution in [-0.4, -0.2) is 15.4 Å². The fourth-order valence-electron chi connectivity index (χ4n) is 1.19. The molecule has 1 N–H and O–H groups in total. The van der Waals surface area contributed by atoms with Crippen molar-refractivity contribution in [2.45, 2.75) is 5.75 Å². The van der Waals surface area contributed by atoms with E-state index < -0.39 is 0 Å². The maximum Gasteiger partial charge on any atom is 0.116 e. The molecule has 4 heteroatoms. The molecule has 3 nitrogen and oxygen atoms in total. The van der Waals surface area contributed by atoms with E-state index in [0.29, 0.717) is 5.75 Å². The Bertz CT molecular complexity index is 383. The molecule has 66 valence electrons. The van der Waals surface area contributed by atoms with Gasteiger partial charge in [0.25, 0.3) is 0 Å². The first-order valence-corrected chi connectivity index (χ1v) is 4.61. The molecule has 0 bridgehead atoms. The molecule has 0 saturated carbocycles. The molecule has 0 aliphatic carbocycles. The van der Waals surface area contributed by atoms with Crippen molar-refractivity contribution in [3.05, 3.63) is 36.0 Å². The zero-order valence-electron chi connectivity index (χ0n) is 6.94. The zero-order chi connectivity index (χ0) is 9.10. The quantitative estimate of drug-likeness (QED) is 0.712. The van der Waals surface area contributed by atoms with E-state index in [-0.39, 0.29) is 0 Å². The second-order valence-electron chi connectivity index (χ2n) is 2.64. The molecule has 0 aliphatic heterocycles. The second kappa shape index (κ2) is 3.62. The first kappa shape index (κ1) is 8.31. The summed E-state index contributed by atoms with van der Waals surface area (Å²) in [5.41, 5.74) is 2.84. The molecule has 1 aromatic carbocycles. The summed E-state index contributed by atoms with van der Waals surface area (Å²) in [6.45, 7) is 0. The molecule has 2 rings (SSSR count). The summed E-state index contributed by atoms with van der Waals surface area (Å²) in [6, 6.07) is 9.94. The third kappa shape index (κ3) is 1.58. The van der Waals surface area contributed by atoms with Gasteiger partial charge in [-0.05, 0) is 0 Å². The number of nitrogens with one attached hydrogen (secondary N) is 1. The van der Waals surface area contributed by atoms with Crippen LogP contribution >= 0.6 is 12.6 Å². The Hall–Kier alpha value is -1.29. The summed E-state index contributed by atoms with van der Waals surface area (Å²) in [4.78, 5) is 0. The topological polar surface area (TPSA) is 41.6 Å². The molecule has 1 aromatic heterocycles. The number of nitrogens with zero attached hydrogens (tertiary/aromatic N) is 2. The van der Waals surface area contributed by atoms with Gasteiger partial charge in [-0.25, -0.2) is 0 Å².